The molecule has 1 aromatic rings. The van der Waals surface area contributed by atoms with E-state index >= 15 is 0 Å². The number of hydrogen-bond donors (Lipinski definition) is 2. The SMILES string of the molecule is N#Cc1cc(Br)ccc1NCC(=O)NC1CCCC1. The number of halogens is 1. The lowest BCUT2D eigenvalue weighted by molar-refractivity contribution is -0.120. The number of amides is 1. The standard InChI is InChI=1S/C14H16BrN3O/c15-11-5-6-13(10(7-11)8-16)17-9-14(19)18-12-3-1-2-4-12/h5-7,12,17H,1-4,9H2,(H,18,19). The highest BCUT2D eigenvalue weighted by atomic mass is 79.9. The van der Waals surface area contributed by atoms with Crippen LogP contribution in [-0.4, -0.2) is 18.5 Å². The maximum Gasteiger partial charge on any atom is 0.239 e. The highest BCUT2D eigenvalue weighted by molar-refractivity contribution is 9.10. The monoisotopic (exact) mass is 321 g/mol. The summed E-state index contributed by atoms with van der Waals surface area (Å²) in [7, 11) is 0. The van der Waals surface area contributed by atoms with Gasteiger partial charge in [-0.1, -0.05) is 28.8 Å². The molecular formula is C14H16BrN3O. The van der Waals surface area contributed by atoms with Gasteiger partial charge < -0.3 is 10.6 Å². The first-order chi connectivity index (χ1) is 9.19. The van der Waals surface area contributed by atoms with Gasteiger partial charge in [0.05, 0.1) is 17.8 Å². The van der Waals surface area contributed by atoms with Gasteiger partial charge in [0.15, 0.2) is 0 Å². The zero-order chi connectivity index (χ0) is 13.7. The molecule has 5 heteroatoms. The van der Waals surface area contributed by atoms with Crippen molar-refractivity contribution >= 4 is 27.5 Å². The van der Waals surface area contributed by atoms with Crippen LogP contribution in [0.25, 0.3) is 0 Å². The summed E-state index contributed by atoms with van der Waals surface area (Å²) in [5.74, 6) is -0.0151. The van der Waals surface area contributed by atoms with E-state index in [-0.39, 0.29) is 12.5 Å². The highest BCUT2D eigenvalue weighted by Crippen LogP contribution is 2.20. The Hall–Kier alpha value is -1.54. The molecule has 0 radical (unpaired) electrons. The van der Waals surface area contributed by atoms with Crippen molar-refractivity contribution in [1.29, 1.82) is 5.26 Å². The van der Waals surface area contributed by atoms with E-state index in [0.717, 1.165) is 17.3 Å². The molecule has 0 unspecified atom stereocenters. The van der Waals surface area contributed by atoms with Crippen molar-refractivity contribution in [1.82, 2.24) is 5.32 Å². The Morgan fingerprint density at radius 2 is 2.16 bits per heavy atom. The van der Waals surface area contributed by atoms with Gasteiger partial charge in [-0.25, -0.2) is 0 Å². The summed E-state index contributed by atoms with van der Waals surface area (Å²) in [6, 6.07) is 7.81. The fraction of sp³-hybridized carbons (Fsp3) is 0.429. The molecule has 0 aliphatic heterocycles. The smallest absolute Gasteiger partial charge is 0.239 e. The maximum atomic E-state index is 11.8. The second kappa shape index (κ2) is 6.58. The number of rotatable bonds is 4. The summed E-state index contributed by atoms with van der Waals surface area (Å²) in [5, 5.41) is 15.0. The van der Waals surface area contributed by atoms with E-state index in [2.05, 4.69) is 32.6 Å². The van der Waals surface area contributed by atoms with Gasteiger partial charge in [0.2, 0.25) is 5.91 Å². The van der Waals surface area contributed by atoms with Crippen LogP contribution in [0.3, 0.4) is 0 Å². The summed E-state index contributed by atoms with van der Waals surface area (Å²) in [4.78, 5) is 11.8. The third-order valence-electron chi connectivity index (χ3n) is 3.26. The van der Waals surface area contributed by atoms with E-state index < -0.39 is 0 Å². The molecule has 2 rings (SSSR count). The molecule has 100 valence electrons. The lowest BCUT2D eigenvalue weighted by Crippen LogP contribution is -2.36. The van der Waals surface area contributed by atoms with Gasteiger partial charge >= 0.3 is 0 Å². The summed E-state index contributed by atoms with van der Waals surface area (Å²) in [5.41, 5.74) is 1.22. The van der Waals surface area contributed by atoms with Crippen molar-refractivity contribution in [3.8, 4) is 6.07 Å². The normalized spacial score (nSPS) is 14.9. The van der Waals surface area contributed by atoms with Crippen LogP contribution < -0.4 is 10.6 Å². The number of nitriles is 1. The first-order valence-corrected chi connectivity index (χ1v) is 7.21. The van der Waals surface area contributed by atoms with Crippen molar-refractivity contribution in [3.63, 3.8) is 0 Å². The maximum absolute atomic E-state index is 11.8. The molecule has 1 amide bonds. The van der Waals surface area contributed by atoms with Gasteiger partial charge in [-0.2, -0.15) is 5.26 Å². The van der Waals surface area contributed by atoms with E-state index in [1.54, 1.807) is 12.1 Å². The number of carbonyl (C=O) groups excluding carboxylic acids is 1. The number of anilines is 1. The molecule has 0 saturated heterocycles. The molecule has 0 bridgehead atoms. The van der Waals surface area contributed by atoms with Gasteiger partial charge in [-0.05, 0) is 31.0 Å². The Balaban J connectivity index is 1.88. The summed E-state index contributed by atoms with van der Waals surface area (Å²) in [6.45, 7) is 0.201. The predicted molar refractivity (Wildman–Crippen MR) is 77.7 cm³/mol. The second-order valence-electron chi connectivity index (χ2n) is 4.70. The molecule has 1 aliphatic carbocycles. The number of carbonyl (C=O) groups is 1. The first kappa shape index (κ1) is 13.9. The minimum absolute atomic E-state index is 0.0151. The molecule has 2 N–H and O–H groups in total. The number of nitrogens with one attached hydrogen (secondary N) is 2. The van der Waals surface area contributed by atoms with Gasteiger partial charge in [0.1, 0.15) is 6.07 Å². The highest BCUT2D eigenvalue weighted by Gasteiger charge is 2.16. The summed E-state index contributed by atoms with van der Waals surface area (Å²) in [6.07, 6.45) is 4.55. The third kappa shape index (κ3) is 3.97. The van der Waals surface area contributed by atoms with Crippen LogP contribution in [0.15, 0.2) is 22.7 Å². The van der Waals surface area contributed by atoms with Crippen molar-refractivity contribution in [2.45, 2.75) is 31.7 Å². The molecule has 1 aromatic carbocycles. The minimum Gasteiger partial charge on any atom is -0.375 e. The Bertz CT molecular complexity index is 504. The van der Waals surface area contributed by atoms with Crippen molar-refractivity contribution < 1.29 is 4.79 Å². The van der Waals surface area contributed by atoms with E-state index in [4.69, 9.17) is 5.26 Å². The number of benzene rings is 1. The van der Waals surface area contributed by atoms with Crippen molar-refractivity contribution in [2.75, 3.05) is 11.9 Å². The Morgan fingerprint density at radius 3 is 2.84 bits per heavy atom. The molecule has 1 saturated carbocycles. The van der Waals surface area contributed by atoms with Crippen molar-refractivity contribution in [2.24, 2.45) is 0 Å². The van der Waals surface area contributed by atoms with E-state index in [0.29, 0.717) is 17.3 Å². The number of hydrogen-bond acceptors (Lipinski definition) is 3. The molecule has 0 aromatic heterocycles. The second-order valence-corrected chi connectivity index (χ2v) is 5.62. The molecule has 0 atom stereocenters. The lowest BCUT2D eigenvalue weighted by atomic mass is 10.2. The largest absolute Gasteiger partial charge is 0.375 e. The van der Waals surface area contributed by atoms with Crippen LogP contribution in [0, 0.1) is 11.3 Å². The van der Waals surface area contributed by atoms with Crippen LogP contribution in [0.5, 0.6) is 0 Å². The molecular weight excluding hydrogens is 306 g/mol. The Kier molecular flexibility index (Phi) is 4.80. The third-order valence-corrected chi connectivity index (χ3v) is 3.75. The zero-order valence-electron chi connectivity index (χ0n) is 10.6. The van der Waals surface area contributed by atoms with Gasteiger partial charge in [0.25, 0.3) is 0 Å². The Labute approximate surface area is 121 Å². The summed E-state index contributed by atoms with van der Waals surface area (Å²) >= 11 is 3.32. The van der Waals surface area contributed by atoms with Gasteiger partial charge in [-0.15, -0.1) is 0 Å². The average molecular weight is 322 g/mol. The molecule has 1 fully saturated rings. The van der Waals surface area contributed by atoms with Crippen molar-refractivity contribution in [3.05, 3.63) is 28.2 Å². The fourth-order valence-electron chi connectivity index (χ4n) is 2.29. The molecule has 19 heavy (non-hydrogen) atoms. The van der Waals surface area contributed by atoms with E-state index in [1.807, 2.05) is 6.07 Å². The zero-order valence-corrected chi connectivity index (χ0v) is 12.2. The van der Waals surface area contributed by atoms with Crippen LogP contribution in [-0.2, 0) is 4.79 Å². The van der Waals surface area contributed by atoms with Gasteiger partial charge in [0, 0.05) is 10.5 Å². The van der Waals surface area contributed by atoms with Crippen LogP contribution in [0.2, 0.25) is 0 Å². The molecule has 4 nitrogen and oxygen atoms in total. The van der Waals surface area contributed by atoms with Gasteiger partial charge in [-0.3, -0.25) is 4.79 Å². The minimum atomic E-state index is -0.0151. The fourth-order valence-corrected chi connectivity index (χ4v) is 2.65. The first-order valence-electron chi connectivity index (χ1n) is 6.42. The quantitative estimate of drug-likeness (QED) is 0.896. The molecule has 0 spiro atoms. The van der Waals surface area contributed by atoms with Crippen LogP contribution in [0.4, 0.5) is 5.69 Å². The topological polar surface area (TPSA) is 64.9 Å². The van der Waals surface area contributed by atoms with E-state index in [9.17, 15) is 4.79 Å². The summed E-state index contributed by atoms with van der Waals surface area (Å²) < 4.78 is 0.852. The predicted octanol–water partition coefficient (Wildman–Crippen LogP) is 2.79. The Morgan fingerprint density at radius 1 is 1.42 bits per heavy atom. The average Bonchev–Trinajstić information content (AvgIpc) is 2.90. The van der Waals surface area contributed by atoms with Crippen LogP contribution in [0.1, 0.15) is 31.2 Å². The number of nitrogens with zero attached hydrogens (tertiary/aromatic N) is 1. The lowest BCUT2D eigenvalue weighted by Gasteiger charge is -2.13. The van der Waals surface area contributed by atoms with E-state index in [1.165, 1.54) is 12.8 Å². The van der Waals surface area contributed by atoms with Crippen LogP contribution >= 0.6 is 15.9 Å². The molecule has 1 aliphatic rings. The molecule has 0 heterocycles.